The smallest absolute Gasteiger partial charge is 0.416 e. The molecule has 1 atom stereocenters. The van der Waals surface area contributed by atoms with Crippen molar-refractivity contribution < 1.29 is 32.3 Å². The van der Waals surface area contributed by atoms with Crippen molar-refractivity contribution in [1.29, 1.82) is 0 Å². The number of halogens is 4. The zero-order chi connectivity index (χ0) is 29.3. The Kier molecular flexibility index (Phi) is 7.27. The lowest BCUT2D eigenvalue weighted by Gasteiger charge is -2.16. The van der Waals surface area contributed by atoms with Crippen molar-refractivity contribution in [3.8, 4) is 11.1 Å². The molecule has 0 bridgehead atoms. The normalized spacial score (nSPS) is 12.3. The number of carboxylic acids is 1. The third-order valence-electron chi connectivity index (χ3n) is 6.63. The lowest BCUT2D eigenvalue weighted by atomic mass is 10.00. The molecule has 11 heteroatoms. The molecule has 0 saturated heterocycles. The first-order valence-electron chi connectivity index (χ1n) is 12.4. The minimum Gasteiger partial charge on any atom is -0.478 e. The minimum atomic E-state index is -4.47. The topological polar surface area (TPSA) is 97.1 Å². The van der Waals surface area contributed by atoms with Crippen molar-refractivity contribution in [2.75, 3.05) is 0 Å². The molecule has 1 aromatic heterocycles. The lowest BCUT2D eigenvalue weighted by Crippen LogP contribution is -2.27. The average molecular weight is 563 g/mol. The van der Waals surface area contributed by atoms with E-state index in [9.17, 15) is 27.2 Å². The molecule has 7 nitrogen and oxygen atoms in total. The first-order valence-corrected chi connectivity index (χ1v) is 12.4. The molecule has 0 fully saturated rings. The highest BCUT2D eigenvalue weighted by molar-refractivity contribution is 6.06. The van der Waals surface area contributed by atoms with Gasteiger partial charge in [-0.2, -0.15) is 13.2 Å². The Morgan fingerprint density at radius 2 is 1.66 bits per heavy atom. The summed E-state index contributed by atoms with van der Waals surface area (Å²) in [4.78, 5) is 24.8. The van der Waals surface area contributed by atoms with Crippen LogP contribution in [0.4, 0.5) is 17.6 Å². The zero-order valence-electron chi connectivity index (χ0n) is 21.5. The number of carbonyl (C=O) groups excluding carboxylic acids is 1. The second-order valence-corrected chi connectivity index (χ2v) is 9.47. The molecule has 208 valence electrons. The summed E-state index contributed by atoms with van der Waals surface area (Å²) in [5, 5.41) is 20.4. The van der Waals surface area contributed by atoms with Crippen LogP contribution in [0.1, 0.15) is 50.4 Å². The minimum absolute atomic E-state index is 0.0421. The monoisotopic (exact) mass is 562 g/mol. The van der Waals surface area contributed by atoms with Crippen LogP contribution in [0.25, 0.3) is 22.2 Å². The Hall–Kier alpha value is -5.06. The Morgan fingerprint density at radius 1 is 0.951 bits per heavy atom. The number of hydrogen-bond acceptors (Lipinski definition) is 4. The highest BCUT2D eigenvalue weighted by Crippen LogP contribution is 2.31. The van der Waals surface area contributed by atoms with Gasteiger partial charge in [-0.1, -0.05) is 41.6 Å². The van der Waals surface area contributed by atoms with E-state index in [0.29, 0.717) is 33.3 Å². The average Bonchev–Trinajstić information content (AvgIpc) is 3.34. The molecule has 0 spiro atoms. The van der Waals surface area contributed by atoms with Gasteiger partial charge in [0.1, 0.15) is 16.9 Å². The van der Waals surface area contributed by atoms with E-state index in [2.05, 4.69) is 15.6 Å². The molecule has 0 radical (unpaired) electrons. The van der Waals surface area contributed by atoms with Gasteiger partial charge in [0, 0.05) is 0 Å². The molecule has 4 aromatic carbocycles. The Bertz CT molecular complexity index is 1750. The molecule has 41 heavy (non-hydrogen) atoms. The Balaban J connectivity index is 1.53. The van der Waals surface area contributed by atoms with Crippen LogP contribution in [0.3, 0.4) is 0 Å². The molecule has 0 unspecified atom stereocenters. The standard InChI is InChI=1S/C30H22F4N4O3/c1-17(19-7-9-20(10-8-19)29(40)41)35-28(39)25-14-22(21-3-2-4-24(31)13-21)15-26-27(25)38(37-36-26)16-18-5-11-23(12-6-18)30(32,33)34/h2-15,17H,16H2,1H3,(H,35,39)(H,40,41)/t17-/m0/s1. The number of amides is 1. The van der Waals surface area contributed by atoms with E-state index in [0.717, 1.165) is 12.1 Å². The SMILES string of the molecule is C[C@H](NC(=O)c1cc(-c2cccc(F)c2)cc2nnn(Cc3ccc(C(F)(F)F)cc3)c12)c1ccc(C(=O)O)cc1. The molecular weight excluding hydrogens is 540 g/mol. The van der Waals surface area contributed by atoms with Gasteiger partial charge in [0.05, 0.1) is 29.3 Å². The number of carboxylic acid groups (broad SMARTS) is 1. The van der Waals surface area contributed by atoms with Crippen LogP contribution in [0.15, 0.2) is 84.9 Å². The maximum absolute atomic E-state index is 14.0. The fraction of sp³-hybridized carbons (Fsp3) is 0.133. The van der Waals surface area contributed by atoms with E-state index in [-0.39, 0.29) is 17.7 Å². The number of alkyl halides is 3. The Labute approximate surface area is 231 Å². The van der Waals surface area contributed by atoms with Gasteiger partial charge in [-0.15, -0.1) is 5.10 Å². The van der Waals surface area contributed by atoms with Crippen LogP contribution in [-0.2, 0) is 12.7 Å². The second kappa shape index (κ2) is 10.8. The molecule has 5 rings (SSSR count). The van der Waals surface area contributed by atoms with Crippen LogP contribution < -0.4 is 5.32 Å². The molecular formula is C30H22F4N4O3. The highest BCUT2D eigenvalue weighted by Gasteiger charge is 2.30. The largest absolute Gasteiger partial charge is 0.478 e. The number of aromatic carboxylic acids is 1. The summed E-state index contributed by atoms with van der Waals surface area (Å²) in [5.74, 6) is -2.03. The quantitative estimate of drug-likeness (QED) is 0.221. The van der Waals surface area contributed by atoms with Gasteiger partial charge in [-0.05, 0) is 77.7 Å². The van der Waals surface area contributed by atoms with Crippen LogP contribution in [-0.4, -0.2) is 32.0 Å². The zero-order valence-corrected chi connectivity index (χ0v) is 21.5. The molecule has 0 aliphatic rings. The third kappa shape index (κ3) is 5.93. The maximum atomic E-state index is 14.0. The summed E-state index contributed by atoms with van der Waals surface area (Å²) in [6.07, 6.45) is -4.47. The highest BCUT2D eigenvalue weighted by atomic mass is 19.4. The summed E-state index contributed by atoms with van der Waals surface area (Å²) >= 11 is 0. The van der Waals surface area contributed by atoms with Crippen molar-refractivity contribution in [2.45, 2.75) is 25.7 Å². The summed E-state index contributed by atoms with van der Waals surface area (Å²) in [7, 11) is 0. The fourth-order valence-corrected chi connectivity index (χ4v) is 4.48. The fourth-order valence-electron chi connectivity index (χ4n) is 4.48. The van der Waals surface area contributed by atoms with Crippen molar-refractivity contribution in [3.63, 3.8) is 0 Å². The van der Waals surface area contributed by atoms with Crippen LogP contribution in [0.2, 0.25) is 0 Å². The third-order valence-corrected chi connectivity index (χ3v) is 6.63. The van der Waals surface area contributed by atoms with Gasteiger partial charge in [0.25, 0.3) is 5.91 Å². The van der Waals surface area contributed by atoms with E-state index in [1.807, 2.05) is 0 Å². The number of carbonyl (C=O) groups is 2. The number of nitrogens with one attached hydrogen (secondary N) is 1. The van der Waals surface area contributed by atoms with Gasteiger partial charge in [0.2, 0.25) is 0 Å². The van der Waals surface area contributed by atoms with Gasteiger partial charge in [-0.25, -0.2) is 13.9 Å². The molecule has 0 saturated carbocycles. The molecule has 1 heterocycles. The van der Waals surface area contributed by atoms with Gasteiger partial charge in [0.15, 0.2) is 0 Å². The van der Waals surface area contributed by atoms with E-state index < -0.39 is 35.5 Å². The summed E-state index contributed by atoms with van der Waals surface area (Å²) in [6, 6.07) is 19.3. The van der Waals surface area contributed by atoms with Crippen LogP contribution in [0.5, 0.6) is 0 Å². The molecule has 0 aliphatic heterocycles. The maximum Gasteiger partial charge on any atom is 0.416 e. The van der Waals surface area contributed by atoms with Gasteiger partial charge < -0.3 is 10.4 Å². The molecule has 0 aliphatic carbocycles. The molecule has 5 aromatic rings. The number of hydrogen-bond donors (Lipinski definition) is 2. The number of fused-ring (bicyclic) bond motifs is 1. The van der Waals surface area contributed by atoms with E-state index in [1.165, 1.54) is 41.1 Å². The van der Waals surface area contributed by atoms with Crippen molar-refractivity contribution in [1.82, 2.24) is 20.3 Å². The number of nitrogens with zero attached hydrogens (tertiary/aromatic N) is 3. The first kappa shape index (κ1) is 27.5. The number of benzene rings is 4. The van der Waals surface area contributed by atoms with Crippen molar-refractivity contribution in [2.24, 2.45) is 0 Å². The van der Waals surface area contributed by atoms with E-state index >= 15 is 0 Å². The van der Waals surface area contributed by atoms with Gasteiger partial charge >= 0.3 is 12.1 Å². The van der Waals surface area contributed by atoms with Gasteiger partial charge in [-0.3, -0.25) is 4.79 Å². The second-order valence-electron chi connectivity index (χ2n) is 9.47. The van der Waals surface area contributed by atoms with Crippen molar-refractivity contribution >= 4 is 22.9 Å². The molecule has 2 N–H and O–H groups in total. The predicted molar refractivity (Wildman–Crippen MR) is 143 cm³/mol. The predicted octanol–water partition coefficient (Wildman–Crippen LogP) is 6.49. The van der Waals surface area contributed by atoms with E-state index in [4.69, 9.17) is 5.11 Å². The number of rotatable bonds is 7. The van der Waals surface area contributed by atoms with Crippen LogP contribution >= 0.6 is 0 Å². The number of aromatic nitrogens is 3. The lowest BCUT2D eigenvalue weighted by molar-refractivity contribution is -0.137. The Morgan fingerprint density at radius 3 is 2.29 bits per heavy atom. The van der Waals surface area contributed by atoms with Crippen LogP contribution in [0, 0.1) is 5.82 Å². The summed E-state index contributed by atoms with van der Waals surface area (Å²) in [6.45, 7) is 1.78. The first-order chi connectivity index (χ1) is 19.5. The summed E-state index contributed by atoms with van der Waals surface area (Å²) < 4.78 is 54.4. The molecule has 1 amide bonds. The van der Waals surface area contributed by atoms with E-state index in [1.54, 1.807) is 43.3 Å². The van der Waals surface area contributed by atoms with Crippen molar-refractivity contribution in [3.05, 3.63) is 119 Å². The summed E-state index contributed by atoms with van der Waals surface area (Å²) in [5.41, 5.74) is 2.38.